The van der Waals surface area contributed by atoms with Crippen molar-refractivity contribution in [2.24, 2.45) is 0 Å². The van der Waals surface area contributed by atoms with Crippen molar-refractivity contribution < 1.29 is 27.3 Å². The molecule has 1 fully saturated rings. The van der Waals surface area contributed by atoms with Gasteiger partial charge in [-0.3, -0.25) is 14.9 Å². The summed E-state index contributed by atoms with van der Waals surface area (Å²) in [5.74, 6) is -0.349. The topological polar surface area (TPSA) is 89.5 Å². The Balaban J connectivity index is 1.50. The van der Waals surface area contributed by atoms with Crippen LogP contribution in [0.4, 0.5) is 18.9 Å². The molecule has 0 spiro atoms. The fraction of sp³-hybridized carbons (Fsp3) is 0.214. The van der Waals surface area contributed by atoms with E-state index in [2.05, 4.69) is 17.1 Å². The summed E-state index contributed by atoms with van der Waals surface area (Å²) >= 11 is 0. The van der Waals surface area contributed by atoms with Crippen molar-refractivity contribution in [3.8, 4) is 22.8 Å². The standard InChI is InChI=1S/C28H22F3N3O4/c29-28(30,31)21-12-10-20(11-13-21)26-32-24(25(38-26)22-8-4-5-9-23(22)34(36)37)27(35)33-16-14-19(15-17-33)18-6-2-1-3-7-18/h1-13,19H,14-17H2. The molecule has 5 rings (SSSR count). The molecule has 0 radical (unpaired) electrons. The molecule has 38 heavy (non-hydrogen) atoms. The average Bonchev–Trinajstić information content (AvgIpc) is 3.38. The first-order chi connectivity index (χ1) is 18.2. The molecule has 0 unspecified atom stereocenters. The monoisotopic (exact) mass is 521 g/mol. The second-order valence-corrected chi connectivity index (χ2v) is 9.02. The summed E-state index contributed by atoms with van der Waals surface area (Å²) < 4.78 is 44.9. The van der Waals surface area contributed by atoms with Gasteiger partial charge in [0.2, 0.25) is 5.89 Å². The quantitative estimate of drug-likeness (QED) is 0.209. The Kier molecular flexibility index (Phi) is 6.71. The van der Waals surface area contributed by atoms with E-state index in [0.717, 1.165) is 25.0 Å². The predicted molar refractivity (Wildman–Crippen MR) is 133 cm³/mol. The number of aromatic nitrogens is 1. The summed E-state index contributed by atoms with van der Waals surface area (Å²) in [5, 5.41) is 11.7. The molecule has 0 N–H and O–H groups in total. The van der Waals surface area contributed by atoms with Crippen molar-refractivity contribution in [3.05, 3.63) is 106 Å². The smallest absolute Gasteiger partial charge is 0.416 e. The van der Waals surface area contributed by atoms with Crippen molar-refractivity contribution in [2.45, 2.75) is 24.9 Å². The summed E-state index contributed by atoms with van der Waals surface area (Å²) in [6.45, 7) is 0.911. The van der Waals surface area contributed by atoms with E-state index in [4.69, 9.17) is 4.42 Å². The van der Waals surface area contributed by atoms with Crippen LogP contribution in [0.15, 0.2) is 83.3 Å². The number of hydrogen-bond donors (Lipinski definition) is 0. The van der Waals surface area contributed by atoms with Crippen LogP contribution in [0, 0.1) is 10.1 Å². The van der Waals surface area contributed by atoms with E-state index in [-0.39, 0.29) is 34.2 Å². The van der Waals surface area contributed by atoms with Gasteiger partial charge in [0.25, 0.3) is 11.6 Å². The number of alkyl halides is 3. The number of nitrogens with zero attached hydrogens (tertiary/aromatic N) is 3. The van der Waals surface area contributed by atoms with E-state index < -0.39 is 22.6 Å². The highest BCUT2D eigenvalue weighted by molar-refractivity contribution is 5.99. The molecule has 1 amide bonds. The third-order valence-corrected chi connectivity index (χ3v) is 6.69. The minimum absolute atomic E-state index is 0.0608. The lowest BCUT2D eigenvalue weighted by Crippen LogP contribution is -2.38. The third-order valence-electron chi connectivity index (χ3n) is 6.69. The van der Waals surface area contributed by atoms with Gasteiger partial charge in [0, 0.05) is 24.7 Å². The molecule has 2 heterocycles. The molecule has 1 aliphatic heterocycles. The van der Waals surface area contributed by atoms with Gasteiger partial charge in [0.05, 0.1) is 16.1 Å². The SMILES string of the molecule is O=C(c1nc(-c2ccc(C(F)(F)F)cc2)oc1-c1ccccc1[N+](=O)[O-])N1CCC(c2ccccc2)CC1. The van der Waals surface area contributed by atoms with Crippen LogP contribution in [0.5, 0.6) is 0 Å². The Morgan fingerprint density at radius 1 is 0.947 bits per heavy atom. The second-order valence-electron chi connectivity index (χ2n) is 9.02. The minimum atomic E-state index is -4.52. The van der Waals surface area contributed by atoms with E-state index in [1.54, 1.807) is 11.0 Å². The zero-order valence-corrected chi connectivity index (χ0v) is 20.0. The minimum Gasteiger partial charge on any atom is -0.435 e. The molecular weight excluding hydrogens is 499 g/mol. The molecule has 0 saturated carbocycles. The number of piperidine rings is 1. The number of para-hydroxylation sites is 1. The van der Waals surface area contributed by atoms with Crippen LogP contribution in [-0.2, 0) is 6.18 Å². The van der Waals surface area contributed by atoms with Gasteiger partial charge in [-0.05, 0) is 54.7 Å². The highest BCUT2D eigenvalue weighted by atomic mass is 19.4. The molecule has 1 saturated heterocycles. The number of carbonyl (C=O) groups excluding carboxylic acids is 1. The number of halogens is 3. The maximum atomic E-state index is 13.6. The lowest BCUT2D eigenvalue weighted by molar-refractivity contribution is -0.384. The van der Waals surface area contributed by atoms with E-state index in [0.29, 0.717) is 19.0 Å². The van der Waals surface area contributed by atoms with Gasteiger partial charge in [-0.25, -0.2) is 4.98 Å². The maximum Gasteiger partial charge on any atom is 0.416 e. The number of nitro benzene ring substituents is 1. The van der Waals surface area contributed by atoms with Gasteiger partial charge < -0.3 is 9.32 Å². The average molecular weight is 521 g/mol. The Morgan fingerprint density at radius 3 is 2.21 bits per heavy atom. The van der Waals surface area contributed by atoms with Crippen molar-refractivity contribution in [3.63, 3.8) is 0 Å². The summed E-state index contributed by atoms with van der Waals surface area (Å²) in [7, 11) is 0. The van der Waals surface area contributed by atoms with Crippen LogP contribution in [-0.4, -0.2) is 33.8 Å². The van der Waals surface area contributed by atoms with Crippen LogP contribution < -0.4 is 0 Å². The van der Waals surface area contributed by atoms with Crippen molar-refractivity contribution >= 4 is 11.6 Å². The van der Waals surface area contributed by atoms with Gasteiger partial charge in [-0.1, -0.05) is 42.5 Å². The predicted octanol–water partition coefficient (Wildman–Crippen LogP) is 6.96. The Labute approximate surface area is 215 Å². The molecule has 1 aromatic heterocycles. The van der Waals surface area contributed by atoms with Gasteiger partial charge in [-0.2, -0.15) is 13.2 Å². The van der Waals surface area contributed by atoms with E-state index in [1.165, 1.54) is 35.9 Å². The molecule has 0 bridgehead atoms. The maximum absolute atomic E-state index is 13.6. The zero-order valence-electron chi connectivity index (χ0n) is 20.0. The van der Waals surface area contributed by atoms with Gasteiger partial charge in [0.15, 0.2) is 11.5 Å². The van der Waals surface area contributed by atoms with E-state index in [9.17, 15) is 28.1 Å². The molecule has 0 aliphatic carbocycles. The Bertz CT molecular complexity index is 1460. The summed E-state index contributed by atoms with van der Waals surface area (Å²) in [4.78, 5) is 30.7. The fourth-order valence-corrected chi connectivity index (χ4v) is 4.69. The molecule has 3 aromatic carbocycles. The number of carbonyl (C=O) groups is 1. The number of rotatable bonds is 5. The van der Waals surface area contributed by atoms with Crippen LogP contribution in [0.1, 0.15) is 40.4 Å². The van der Waals surface area contributed by atoms with Gasteiger partial charge >= 0.3 is 6.18 Å². The van der Waals surface area contributed by atoms with Crippen molar-refractivity contribution in [1.82, 2.24) is 9.88 Å². The van der Waals surface area contributed by atoms with Gasteiger partial charge in [0.1, 0.15) is 0 Å². The largest absolute Gasteiger partial charge is 0.435 e. The van der Waals surface area contributed by atoms with Gasteiger partial charge in [-0.15, -0.1) is 0 Å². The Morgan fingerprint density at radius 2 is 1.58 bits per heavy atom. The van der Waals surface area contributed by atoms with Crippen LogP contribution >= 0.6 is 0 Å². The number of benzene rings is 3. The van der Waals surface area contributed by atoms with Crippen LogP contribution in [0.2, 0.25) is 0 Å². The highest BCUT2D eigenvalue weighted by Gasteiger charge is 2.33. The number of amides is 1. The highest BCUT2D eigenvalue weighted by Crippen LogP contribution is 2.38. The second kappa shape index (κ2) is 10.1. The molecule has 1 aliphatic rings. The van der Waals surface area contributed by atoms with Crippen molar-refractivity contribution in [2.75, 3.05) is 13.1 Å². The van der Waals surface area contributed by atoms with Crippen LogP contribution in [0.3, 0.4) is 0 Å². The molecular formula is C28H22F3N3O4. The normalized spacial score (nSPS) is 14.4. The van der Waals surface area contributed by atoms with Crippen molar-refractivity contribution in [1.29, 1.82) is 0 Å². The molecule has 0 atom stereocenters. The van der Waals surface area contributed by atoms with E-state index >= 15 is 0 Å². The summed E-state index contributed by atoms with van der Waals surface area (Å²) in [5.41, 5.74) is 0.229. The first kappa shape index (κ1) is 25.2. The number of hydrogen-bond acceptors (Lipinski definition) is 5. The lowest BCUT2D eigenvalue weighted by Gasteiger charge is -2.32. The fourth-order valence-electron chi connectivity index (χ4n) is 4.69. The number of nitro groups is 1. The zero-order chi connectivity index (χ0) is 26.9. The summed E-state index contributed by atoms with van der Waals surface area (Å²) in [6, 6.07) is 20.0. The molecule has 4 aromatic rings. The lowest BCUT2D eigenvalue weighted by atomic mass is 9.89. The first-order valence-corrected chi connectivity index (χ1v) is 12.0. The third kappa shape index (κ3) is 5.02. The number of likely N-dealkylation sites (tertiary alicyclic amines) is 1. The number of oxazole rings is 1. The van der Waals surface area contributed by atoms with E-state index in [1.807, 2.05) is 18.2 Å². The molecule has 10 heteroatoms. The summed E-state index contributed by atoms with van der Waals surface area (Å²) in [6.07, 6.45) is -3.04. The molecule has 7 nitrogen and oxygen atoms in total. The Hall–Kier alpha value is -4.47. The first-order valence-electron chi connectivity index (χ1n) is 12.0. The molecule has 194 valence electrons. The van der Waals surface area contributed by atoms with Crippen LogP contribution in [0.25, 0.3) is 22.8 Å².